The zero-order valence-corrected chi connectivity index (χ0v) is 12.6. The van der Waals surface area contributed by atoms with Crippen LogP contribution in [0.4, 0.5) is 4.39 Å². The molecular weight excluding hydrogens is 283 g/mol. The summed E-state index contributed by atoms with van der Waals surface area (Å²) in [6.07, 6.45) is 5.04. The van der Waals surface area contributed by atoms with E-state index in [0.29, 0.717) is 19.0 Å². The van der Waals surface area contributed by atoms with Gasteiger partial charge >= 0.3 is 0 Å². The van der Waals surface area contributed by atoms with Gasteiger partial charge in [-0.3, -0.25) is 9.48 Å². The lowest BCUT2D eigenvalue weighted by atomic mass is 9.96. The van der Waals surface area contributed by atoms with E-state index in [1.54, 1.807) is 23.4 Å². The molecule has 1 aliphatic heterocycles. The van der Waals surface area contributed by atoms with Gasteiger partial charge in [0.1, 0.15) is 18.5 Å². The summed E-state index contributed by atoms with van der Waals surface area (Å²) < 4.78 is 15.7. The van der Waals surface area contributed by atoms with E-state index in [2.05, 4.69) is 10.1 Å². The predicted molar refractivity (Wildman–Crippen MR) is 79.8 cm³/mol. The van der Waals surface area contributed by atoms with E-state index in [1.807, 2.05) is 11.6 Å². The third kappa shape index (κ3) is 3.16. The topological polar surface area (TPSA) is 51.0 Å². The van der Waals surface area contributed by atoms with Gasteiger partial charge in [0.2, 0.25) is 0 Å². The second-order valence-electron chi connectivity index (χ2n) is 5.84. The molecule has 0 unspecified atom stereocenters. The Hall–Kier alpha value is -2.24. The van der Waals surface area contributed by atoms with Crippen LogP contribution < -0.4 is 0 Å². The molecule has 0 spiro atoms. The summed E-state index contributed by atoms with van der Waals surface area (Å²) in [7, 11) is 0. The Morgan fingerprint density at radius 3 is 2.82 bits per heavy atom. The minimum Gasteiger partial charge on any atom is -0.339 e. The van der Waals surface area contributed by atoms with Gasteiger partial charge in [0.25, 0.3) is 5.91 Å². The lowest BCUT2D eigenvalue weighted by molar-refractivity contribution is 0.0676. The van der Waals surface area contributed by atoms with E-state index in [9.17, 15) is 9.18 Å². The summed E-state index contributed by atoms with van der Waals surface area (Å²) in [4.78, 5) is 18.1. The third-order valence-corrected chi connectivity index (χ3v) is 4.17. The zero-order valence-electron chi connectivity index (χ0n) is 12.6. The Morgan fingerprint density at radius 1 is 1.36 bits per heavy atom. The predicted octanol–water partition coefficient (Wildman–Crippen LogP) is 2.28. The minimum atomic E-state index is -0.444. The van der Waals surface area contributed by atoms with Crippen molar-refractivity contribution in [2.45, 2.75) is 26.3 Å². The number of aromatic nitrogens is 3. The second kappa shape index (κ2) is 6.25. The molecule has 1 aromatic heterocycles. The van der Waals surface area contributed by atoms with Crippen LogP contribution in [0.5, 0.6) is 0 Å². The molecule has 0 N–H and O–H groups in total. The van der Waals surface area contributed by atoms with Crippen LogP contribution in [0, 0.1) is 18.7 Å². The largest absolute Gasteiger partial charge is 0.339 e. The Labute approximate surface area is 128 Å². The van der Waals surface area contributed by atoms with Gasteiger partial charge in [0, 0.05) is 19.6 Å². The number of carbonyl (C=O) groups excluding carboxylic acids is 1. The van der Waals surface area contributed by atoms with Crippen LogP contribution in [0.1, 0.15) is 28.8 Å². The standard InChI is InChI=1S/C16H19FN4O/c1-12-2-3-15(17)14(8-12)16(22)20-6-4-13(5-7-20)9-21-11-18-10-19-21/h2-3,8,10-11,13H,4-7,9H2,1H3. The highest BCUT2D eigenvalue weighted by molar-refractivity contribution is 5.94. The molecule has 0 radical (unpaired) electrons. The number of hydrogen-bond acceptors (Lipinski definition) is 3. The highest BCUT2D eigenvalue weighted by atomic mass is 19.1. The van der Waals surface area contributed by atoms with Crippen molar-refractivity contribution in [2.24, 2.45) is 5.92 Å². The van der Waals surface area contributed by atoms with Crippen molar-refractivity contribution in [3.05, 3.63) is 47.8 Å². The van der Waals surface area contributed by atoms with Crippen LogP contribution in [0.2, 0.25) is 0 Å². The number of rotatable bonds is 3. The van der Waals surface area contributed by atoms with Gasteiger partial charge in [-0.25, -0.2) is 9.37 Å². The molecule has 0 aliphatic carbocycles. The van der Waals surface area contributed by atoms with Crippen molar-refractivity contribution >= 4 is 5.91 Å². The van der Waals surface area contributed by atoms with Gasteiger partial charge in [-0.1, -0.05) is 11.6 Å². The fraction of sp³-hybridized carbons (Fsp3) is 0.438. The number of piperidine rings is 1. The van der Waals surface area contributed by atoms with E-state index in [-0.39, 0.29) is 11.5 Å². The van der Waals surface area contributed by atoms with E-state index in [1.165, 1.54) is 12.4 Å². The molecule has 22 heavy (non-hydrogen) atoms. The van der Waals surface area contributed by atoms with Crippen molar-refractivity contribution in [3.8, 4) is 0 Å². The van der Waals surface area contributed by atoms with Gasteiger partial charge < -0.3 is 4.90 Å². The molecule has 0 bridgehead atoms. The summed E-state index contributed by atoms with van der Waals surface area (Å²) in [5.74, 6) is -0.172. The molecule has 1 amide bonds. The number of aryl methyl sites for hydroxylation is 1. The smallest absolute Gasteiger partial charge is 0.256 e. The molecule has 0 atom stereocenters. The fourth-order valence-electron chi connectivity index (χ4n) is 2.88. The Kier molecular flexibility index (Phi) is 4.18. The molecule has 1 saturated heterocycles. The van der Waals surface area contributed by atoms with Crippen molar-refractivity contribution in [2.75, 3.05) is 13.1 Å². The van der Waals surface area contributed by atoms with Crippen molar-refractivity contribution < 1.29 is 9.18 Å². The lowest BCUT2D eigenvalue weighted by Crippen LogP contribution is -2.39. The number of hydrogen-bond donors (Lipinski definition) is 0. The molecule has 6 heteroatoms. The minimum absolute atomic E-state index is 0.176. The summed E-state index contributed by atoms with van der Waals surface area (Å²) in [5, 5.41) is 4.11. The second-order valence-corrected chi connectivity index (χ2v) is 5.84. The molecule has 116 valence electrons. The first kappa shape index (κ1) is 14.7. The number of benzene rings is 1. The SMILES string of the molecule is Cc1ccc(F)c(C(=O)N2CCC(Cn3cncn3)CC2)c1. The number of nitrogens with zero attached hydrogens (tertiary/aromatic N) is 4. The summed E-state index contributed by atoms with van der Waals surface area (Å²) in [5.41, 5.74) is 1.07. The Balaban J connectivity index is 1.61. The molecule has 2 aromatic rings. The first-order valence-corrected chi connectivity index (χ1v) is 7.51. The number of amides is 1. The summed E-state index contributed by atoms with van der Waals surface area (Å²) >= 11 is 0. The summed E-state index contributed by atoms with van der Waals surface area (Å²) in [6.45, 7) is 4.00. The van der Waals surface area contributed by atoms with Crippen LogP contribution >= 0.6 is 0 Å². The lowest BCUT2D eigenvalue weighted by Gasteiger charge is -2.32. The Bertz CT molecular complexity index is 648. The van der Waals surface area contributed by atoms with Crippen molar-refractivity contribution in [3.63, 3.8) is 0 Å². The first-order valence-electron chi connectivity index (χ1n) is 7.51. The third-order valence-electron chi connectivity index (χ3n) is 4.17. The maximum atomic E-state index is 13.8. The van der Waals surface area contributed by atoms with E-state index in [0.717, 1.165) is 24.9 Å². The maximum absolute atomic E-state index is 13.8. The first-order chi connectivity index (χ1) is 10.6. The van der Waals surface area contributed by atoms with Gasteiger partial charge in [-0.05, 0) is 37.8 Å². The molecule has 3 rings (SSSR count). The number of halogens is 1. The maximum Gasteiger partial charge on any atom is 0.256 e. The van der Waals surface area contributed by atoms with E-state index in [4.69, 9.17) is 0 Å². The van der Waals surface area contributed by atoms with Gasteiger partial charge in [-0.2, -0.15) is 5.10 Å². The van der Waals surface area contributed by atoms with Crippen LogP contribution in [0.15, 0.2) is 30.9 Å². The highest BCUT2D eigenvalue weighted by Gasteiger charge is 2.25. The Morgan fingerprint density at radius 2 is 2.14 bits per heavy atom. The fourth-order valence-corrected chi connectivity index (χ4v) is 2.88. The molecule has 0 saturated carbocycles. The van der Waals surface area contributed by atoms with Crippen molar-refractivity contribution in [1.29, 1.82) is 0 Å². The summed E-state index contributed by atoms with van der Waals surface area (Å²) in [6, 6.07) is 4.66. The molecule has 1 fully saturated rings. The van der Waals surface area contributed by atoms with Crippen LogP contribution in [-0.2, 0) is 6.54 Å². The average Bonchev–Trinajstić information content (AvgIpc) is 3.03. The monoisotopic (exact) mass is 302 g/mol. The number of likely N-dealkylation sites (tertiary alicyclic amines) is 1. The molecule has 2 heterocycles. The highest BCUT2D eigenvalue weighted by Crippen LogP contribution is 2.21. The normalized spacial score (nSPS) is 16.0. The molecular formula is C16H19FN4O. The average molecular weight is 302 g/mol. The number of carbonyl (C=O) groups is 1. The van der Waals surface area contributed by atoms with Gasteiger partial charge in [0.05, 0.1) is 5.56 Å². The van der Waals surface area contributed by atoms with E-state index < -0.39 is 5.82 Å². The van der Waals surface area contributed by atoms with Gasteiger partial charge in [-0.15, -0.1) is 0 Å². The molecule has 5 nitrogen and oxygen atoms in total. The molecule has 1 aliphatic rings. The van der Waals surface area contributed by atoms with Crippen LogP contribution in [0.25, 0.3) is 0 Å². The van der Waals surface area contributed by atoms with Crippen LogP contribution in [0.3, 0.4) is 0 Å². The van der Waals surface area contributed by atoms with Gasteiger partial charge in [0.15, 0.2) is 0 Å². The quantitative estimate of drug-likeness (QED) is 0.874. The van der Waals surface area contributed by atoms with Crippen molar-refractivity contribution in [1.82, 2.24) is 19.7 Å². The molecule has 1 aromatic carbocycles. The zero-order chi connectivity index (χ0) is 15.5. The van der Waals surface area contributed by atoms with Crippen LogP contribution in [-0.4, -0.2) is 38.7 Å². The van der Waals surface area contributed by atoms with E-state index >= 15 is 0 Å².